The summed E-state index contributed by atoms with van der Waals surface area (Å²) in [6.45, 7) is 0. The second-order valence-corrected chi connectivity index (χ2v) is 4.57. The number of hydrogen-bond donors (Lipinski definition) is 1. The van der Waals surface area contributed by atoms with Crippen LogP contribution >= 0.6 is 28.3 Å². The number of hydrogen-bond acceptors (Lipinski definition) is 2. The second kappa shape index (κ2) is 6.86. The Bertz CT molecular complexity index is 450. The van der Waals surface area contributed by atoms with E-state index in [0.717, 1.165) is 12.1 Å². The van der Waals surface area contributed by atoms with Crippen LogP contribution in [0, 0.1) is 0 Å². The minimum Gasteiger partial charge on any atom is -0.405 e. The van der Waals surface area contributed by atoms with E-state index in [1.807, 2.05) is 0 Å². The predicted octanol–water partition coefficient (Wildman–Crippen LogP) is 4.72. The van der Waals surface area contributed by atoms with Crippen molar-refractivity contribution in [1.29, 1.82) is 0 Å². The van der Waals surface area contributed by atoms with Gasteiger partial charge in [0.2, 0.25) is 0 Å². The van der Waals surface area contributed by atoms with Crippen LogP contribution in [-0.4, -0.2) is 12.5 Å². The summed E-state index contributed by atoms with van der Waals surface area (Å²) < 4.78 is 77.0. The average molecular weight is 389 g/mol. The highest BCUT2D eigenvalue weighted by molar-refractivity contribution is 9.10. The fraction of sp³-hybridized carbons (Fsp3) is 0.400. The molecule has 1 aromatic rings. The largest absolute Gasteiger partial charge is 0.573 e. The van der Waals surface area contributed by atoms with Gasteiger partial charge in [-0.2, -0.15) is 13.2 Å². The minimum atomic E-state index is -5.00. The van der Waals surface area contributed by atoms with Gasteiger partial charge in [-0.1, -0.05) is 15.9 Å². The lowest BCUT2D eigenvalue weighted by molar-refractivity contribution is -0.275. The van der Waals surface area contributed by atoms with Gasteiger partial charge in [-0.05, 0) is 18.2 Å². The standard InChI is InChI=1S/C10H8BrF6NO.ClH/c11-5-1-2-8(19-10(15,16)17)6(3-5)7(18)4-9(12,13)14;/h1-3,7H,4,18H2;1H/t7-;/m0./s1. The summed E-state index contributed by atoms with van der Waals surface area (Å²) >= 11 is 2.95. The normalized spacial score (nSPS) is 13.6. The van der Waals surface area contributed by atoms with Crippen molar-refractivity contribution in [2.24, 2.45) is 5.73 Å². The smallest absolute Gasteiger partial charge is 0.405 e. The molecule has 0 heterocycles. The lowest BCUT2D eigenvalue weighted by Crippen LogP contribution is -2.23. The van der Waals surface area contributed by atoms with Crippen molar-refractivity contribution in [3.8, 4) is 5.75 Å². The fourth-order valence-corrected chi connectivity index (χ4v) is 1.76. The van der Waals surface area contributed by atoms with E-state index in [1.54, 1.807) is 0 Å². The van der Waals surface area contributed by atoms with Gasteiger partial charge in [0.25, 0.3) is 0 Å². The molecule has 0 fully saturated rings. The first-order valence-electron chi connectivity index (χ1n) is 4.85. The van der Waals surface area contributed by atoms with Crippen LogP contribution < -0.4 is 10.5 Å². The molecule has 116 valence electrons. The molecular formula is C10H9BrClF6NO. The number of rotatable bonds is 3. The summed E-state index contributed by atoms with van der Waals surface area (Å²) in [7, 11) is 0. The number of nitrogens with two attached hydrogens (primary N) is 1. The van der Waals surface area contributed by atoms with Gasteiger partial charge in [-0.3, -0.25) is 0 Å². The molecule has 0 unspecified atom stereocenters. The lowest BCUT2D eigenvalue weighted by atomic mass is 10.0. The van der Waals surface area contributed by atoms with Gasteiger partial charge in [-0.25, -0.2) is 0 Å². The Kier molecular flexibility index (Phi) is 6.63. The molecule has 0 saturated carbocycles. The van der Waals surface area contributed by atoms with Crippen molar-refractivity contribution in [3.05, 3.63) is 28.2 Å². The quantitative estimate of drug-likeness (QED) is 0.761. The summed E-state index contributed by atoms with van der Waals surface area (Å²) in [6.07, 6.45) is -11.0. The monoisotopic (exact) mass is 387 g/mol. The maximum Gasteiger partial charge on any atom is 0.573 e. The van der Waals surface area contributed by atoms with Crippen molar-refractivity contribution in [3.63, 3.8) is 0 Å². The molecule has 0 spiro atoms. The van der Waals surface area contributed by atoms with Crippen LogP contribution in [0.1, 0.15) is 18.0 Å². The van der Waals surface area contributed by atoms with Crippen molar-refractivity contribution >= 4 is 28.3 Å². The summed E-state index contributed by atoms with van der Waals surface area (Å²) in [5, 5.41) is 0. The number of alkyl halides is 6. The molecule has 10 heteroatoms. The van der Waals surface area contributed by atoms with Crippen molar-refractivity contribution in [1.82, 2.24) is 0 Å². The van der Waals surface area contributed by atoms with E-state index in [0.29, 0.717) is 4.47 Å². The van der Waals surface area contributed by atoms with E-state index in [1.165, 1.54) is 6.07 Å². The Morgan fingerprint density at radius 1 is 1.15 bits per heavy atom. The molecule has 2 N–H and O–H groups in total. The molecule has 0 aromatic heterocycles. The zero-order valence-corrected chi connectivity index (χ0v) is 12.0. The SMILES string of the molecule is Cl.N[C@@H](CC(F)(F)F)c1cc(Br)ccc1OC(F)(F)F. The molecule has 0 aliphatic carbocycles. The Labute approximate surface area is 124 Å². The average Bonchev–Trinajstić information content (AvgIpc) is 2.16. The van der Waals surface area contributed by atoms with E-state index in [4.69, 9.17) is 5.73 Å². The van der Waals surface area contributed by atoms with Gasteiger partial charge in [0.15, 0.2) is 0 Å². The van der Waals surface area contributed by atoms with Crippen molar-refractivity contribution in [2.75, 3.05) is 0 Å². The Hall–Kier alpha value is -0.670. The fourth-order valence-electron chi connectivity index (χ4n) is 1.39. The van der Waals surface area contributed by atoms with E-state index in [-0.39, 0.29) is 18.0 Å². The van der Waals surface area contributed by atoms with Crippen LogP contribution in [-0.2, 0) is 0 Å². The molecule has 0 aliphatic rings. The molecule has 2 nitrogen and oxygen atoms in total. The Balaban J connectivity index is 0.00000361. The molecule has 0 saturated heterocycles. The summed E-state index contributed by atoms with van der Waals surface area (Å²) in [4.78, 5) is 0. The first kappa shape index (κ1) is 19.3. The van der Waals surface area contributed by atoms with E-state index < -0.39 is 30.8 Å². The highest BCUT2D eigenvalue weighted by atomic mass is 79.9. The topological polar surface area (TPSA) is 35.2 Å². The summed E-state index contributed by atoms with van der Waals surface area (Å²) in [6, 6.07) is 1.54. The molecule has 0 bridgehead atoms. The third-order valence-corrected chi connectivity index (χ3v) is 2.54. The zero-order chi connectivity index (χ0) is 14.8. The molecule has 1 aromatic carbocycles. The van der Waals surface area contributed by atoms with Crippen LogP contribution in [0.25, 0.3) is 0 Å². The van der Waals surface area contributed by atoms with Gasteiger partial charge in [0.1, 0.15) is 5.75 Å². The van der Waals surface area contributed by atoms with E-state index >= 15 is 0 Å². The van der Waals surface area contributed by atoms with E-state index in [2.05, 4.69) is 20.7 Å². The van der Waals surface area contributed by atoms with Crippen LogP contribution in [0.15, 0.2) is 22.7 Å². The maximum absolute atomic E-state index is 12.2. The highest BCUT2D eigenvalue weighted by Crippen LogP contribution is 2.36. The van der Waals surface area contributed by atoms with Crippen LogP contribution in [0.4, 0.5) is 26.3 Å². The molecule has 20 heavy (non-hydrogen) atoms. The van der Waals surface area contributed by atoms with Crippen molar-refractivity contribution < 1.29 is 31.1 Å². The molecule has 1 atom stereocenters. The van der Waals surface area contributed by atoms with Gasteiger partial charge < -0.3 is 10.5 Å². The van der Waals surface area contributed by atoms with Gasteiger partial charge in [0, 0.05) is 16.1 Å². The molecule has 0 aliphatic heterocycles. The second-order valence-electron chi connectivity index (χ2n) is 3.66. The highest BCUT2D eigenvalue weighted by Gasteiger charge is 2.35. The lowest BCUT2D eigenvalue weighted by Gasteiger charge is -2.19. The zero-order valence-electron chi connectivity index (χ0n) is 9.56. The maximum atomic E-state index is 12.2. The Morgan fingerprint density at radius 3 is 2.15 bits per heavy atom. The van der Waals surface area contributed by atoms with Gasteiger partial charge >= 0.3 is 12.5 Å². The molecule has 0 radical (unpaired) electrons. The van der Waals surface area contributed by atoms with Gasteiger partial charge in [0.05, 0.1) is 6.42 Å². The number of ether oxygens (including phenoxy) is 1. The first-order valence-corrected chi connectivity index (χ1v) is 5.65. The molecule has 1 rings (SSSR count). The predicted molar refractivity (Wildman–Crippen MR) is 65.7 cm³/mol. The van der Waals surface area contributed by atoms with Gasteiger partial charge in [-0.15, -0.1) is 25.6 Å². The third kappa shape index (κ3) is 6.67. The first-order chi connectivity index (χ1) is 8.48. The summed E-state index contributed by atoms with van der Waals surface area (Å²) in [5.41, 5.74) is 4.91. The summed E-state index contributed by atoms with van der Waals surface area (Å²) in [5.74, 6) is -0.743. The van der Waals surface area contributed by atoms with Crippen molar-refractivity contribution in [2.45, 2.75) is 25.0 Å². The van der Waals surface area contributed by atoms with Crippen LogP contribution in [0.5, 0.6) is 5.75 Å². The minimum absolute atomic E-state index is 0. The van der Waals surface area contributed by atoms with Crippen LogP contribution in [0.3, 0.4) is 0 Å². The third-order valence-electron chi connectivity index (χ3n) is 2.05. The molecular weight excluding hydrogens is 379 g/mol. The number of halogens is 8. The molecule has 0 amide bonds. The number of benzene rings is 1. The van der Waals surface area contributed by atoms with E-state index in [9.17, 15) is 26.3 Å². The van der Waals surface area contributed by atoms with Crippen LogP contribution in [0.2, 0.25) is 0 Å². The Morgan fingerprint density at radius 2 is 1.70 bits per heavy atom.